The standard InChI is InChI=1S/C12H28O2Si2/c1-13-16(14-2,11-15(3,4)5)12-9-7-6-8-10-12/h12H,6-11H2,1-5H3. The lowest BCUT2D eigenvalue weighted by molar-refractivity contribution is 0.221. The fraction of sp³-hybridized carbons (Fsp3) is 1.00. The Morgan fingerprint density at radius 2 is 1.44 bits per heavy atom. The first-order valence-corrected chi connectivity index (χ1v) is 12.3. The molecule has 0 heterocycles. The summed E-state index contributed by atoms with van der Waals surface area (Å²) in [7, 11) is 0.736. The van der Waals surface area contributed by atoms with E-state index in [1.54, 1.807) is 0 Å². The molecule has 0 aromatic carbocycles. The highest BCUT2D eigenvalue weighted by Gasteiger charge is 2.47. The summed E-state index contributed by atoms with van der Waals surface area (Å²) in [5.74, 6) is 0. The van der Waals surface area contributed by atoms with Crippen molar-refractivity contribution in [1.82, 2.24) is 0 Å². The molecule has 16 heavy (non-hydrogen) atoms. The van der Waals surface area contributed by atoms with Crippen molar-refractivity contribution in [2.45, 2.75) is 63.0 Å². The predicted molar refractivity (Wildman–Crippen MR) is 74.8 cm³/mol. The van der Waals surface area contributed by atoms with Gasteiger partial charge in [0.1, 0.15) is 0 Å². The fourth-order valence-corrected chi connectivity index (χ4v) is 13.3. The van der Waals surface area contributed by atoms with Gasteiger partial charge in [-0.15, -0.1) is 0 Å². The summed E-state index contributed by atoms with van der Waals surface area (Å²) in [6.07, 6.45) is 6.81. The second-order valence-electron chi connectivity index (χ2n) is 6.29. The van der Waals surface area contributed by atoms with E-state index in [9.17, 15) is 0 Å². The SMILES string of the molecule is CO[Si](C[Si](C)(C)C)(OC)C1CCCCC1. The van der Waals surface area contributed by atoms with Crippen molar-refractivity contribution >= 4 is 16.6 Å². The van der Waals surface area contributed by atoms with E-state index in [-0.39, 0.29) is 0 Å². The fourth-order valence-electron chi connectivity index (χ4n) is 2.99. The van der Waals surface area contributed by atoms with E-state index in [2.05, 4.69) is 19.6 Å². The second-order valence-corrected chi connectivity index (χ2v) is 16.1. The van der Waals surface area contributed by atoms with E-state index in [1.165, 1.54) is 37.8 Å². The van der Waals surface area contributed by atoms with Crippen molar-refractivity contribution in [3.05, 3.63) is 0 Å². The topological polar surface area (TPSA) is 18.5 Å². The van der Waals surface area contributed by atoms with Crippen molar-refractivity contribution in [3.63, 3.8) is 0 Å². The highest BCUT2D eigenvalue weighted by molar-refractivity contribution is 6.91. The maximum atomic E-state index is 5.95. The molecule has 1 aliphatic rings. The van der Waals surface area contributed by atoms with Gasteiger partial charge in [0.05, 0.1) is 0 Å². The molecule has 0 atom stereocenters. The van der Waals surface area contributed by atoms with Crippen LogP contribution < -0.4 is 0 Å². The van der Waals surface area contributed by atoms with Gasteiger partial charge in [-0.3, -0.25) is 0 Å². The molecule has 0 radical (unpaired) electrons. The van der Waals surface area contributed by atoms with E-state index < -0.39 is 16.6 Å². The zero-order chi connectivity index (χ0) is 12.2. The normalized spacial score (nSPS) is 20.1. The van der Waals surface area contributed by atoms with Crippen LogP contribution in [-0.4, -0.2) is 30.9 Å². The first-order valence-electron chi connectivity index (χ1n) is 6.54. The second kappa shape index (κ2) is 5.80. The minimum atomic E-state index is -1.92. The molecule has 1 aliphatic carbocycles. The Morgan fingerprint density at radius 1 is 0.938 bits per heavy atom. The summed E-state index contributed by atoms with van der Waals surface area (Å²) in [6.45, 7) is 7.28. The number of rotatable bonds is 5. The maximum Gasteiger partial charge on any atom is 0.338 e. The van der Waals surface area contributed by atoms with Gasteiger partial charge in [-0.25, -0.2) is 0 Å². The van der Waals surface area contributed by atoms with Gasteiger partial charge in [-0.1, -0.05) is 38.9 Å². The summed E-state index contributed by atoms with van der Waals surface area (Å²) in [4.78, 5) is 0. The maximum absolute atomic E-state index is 5.95. The molecule has 0 aliphatic heterocycles. The molecule has 2 nitrogen and oxygen atoms in total. The molecule has 1 saturated carbocycles. The Morgan fingerprint density at radius 3 is 1.81 bits per heavy atom. The van der Waals surface area contributed by atoms with Crippen LogP contribution in [0.25, 0.3) is 0 Å². The van der Waals surface area contributed by atoms with Crippen LogP contribution in [0.15, 0.2) is 0 Å². The van der Waals surface area contributed by atoms with E-state index in [0.717, 1.165) is 5.54 Å². The molecular formula is C12H28O2Si2. The molecule has 0 aromatic heterocycles. The molecule has 0 saturated heterocycles. The van der Waals surface area contributed by atoms with Gasteiger partial charge in [0.15, 0.2) is 0 Å². The molecule has 0 spiro atoms. The van der Waals surface area contributed by atoms with E-state index in [1.807, 2.05) is 14.2 Å². The summed E-state index contributed by atoms with van der Waals surface area (Å²) in [5.41, 5.74) is 1.99. The number of hydrogen-bond acceptors (Lipinski definition) is 2. The lowest BCUT2D eigenvalue weighted by atomic mass is 10.0. The van der Waals surface area contributed by atoms with Crippen molar-refractivity contribution in [2.75, 3.05) is 14.2 Å². The third kappa shape index (κ3) is 3.69. The first-order chi connectivity index (χ1) is 7.43. The van der Waals surface area contributed by atoms with Crippen LogP contribution in [-0.2, 0) is 8.85 Å². The van der Waals surface area contributed by atoms with Gasteiger partial charge in [0, 0.05) is 27.8 Å². The van der Waals surface area contributed by atoms with Crippen LogP contribution in [0.5, 0.6) is 0 Å². The van der Waals surface area contributed by atoms with Crippen LogP contribution in [0.1, 0.15) is 32.1 Å². The third-order valence-corrected chi connectivity index (χ3v) is 13.1. The zero-order valence-electron chi connectivity index (χ0n) is 11.6. The average Bonchev–Trinajstić information content (AvgIpc) is 2.26. The van der Waals surface area contributed by atoms with E-state index in [0.29, 0.717) is 0 Å². The van der Waals surface area contributed by atoms with Crippen molar-refractivity contribution in [1.29, 1.82) is 0 Å². The molecule has 96 valence electrons. The monoisotopic (exact) mass is 260 g/mol. The largest absolute Gasteiger partial charge is 0.398 e. The minimum absolute atomic E-state index is 0.739. The van der Waals surface area contributed by atoms with E-state index >= 15 is 0 Å². The Bertz CT molecular complexity index is 204. The summed E-state index contributed by atoms with van der Waals surface area (Å²) in [6, 6.07) is 0. The van der Waals surface area contributed by atoms with Gasteiger partial charge >= 0.3 is 8.56 Å². The Kier molecular flexibility index (Phi) is 5.23. The van der Waals surface area contributed by atoms with Crippen molar-refractivity contribution < 1.29 is 8.85 Å². The molecule has 0 bridgehead atoms. The Balaban J connectivity index is 2.76. The van der Waals surface area contributed by atoms with E-state index in [4.69, 9.17) is 8.85 Å². The van der Waals surface area contributed by atoms with Crippen molar-refractivity contribution in [2.24, 2.45) is 0 Å². The van der Waals surface area contributed by atoms with Crippen LogP contribution in [0, 0.1) is 0 Å². The van der Waals surface area contributed by atoms with Gasteiger partial charge in [0.2, 0.25) is 0 Å². The molecule has 0 amide bonds. The Hall–Kier alpha value is 0.354. The number of hydrogen-bond donors (Lipinski definition) is 0. The smallest absolute Gasteiger partial charge is 0.338 e. The Labute approximate surface area is 103 Å². The zero-order valence-corrected chi connectivity index (χ0v) is 13.6. The van der Waals surface area contributed by atoms with Crippen LogP contribution in [0.2, 0.25) is 30.8 Å². The molecule has 0 aromatic rings. The van der Waals surface area contributed by atoms with Gasteiger partial charge < -0.3 is 8.85 Å². The highest BCUT2D eigenvalue weighted by Crippen LogP contribution is 2.41. The van der Waals surface area contributed by atoms with Crippen LogP contribution >= 0.6 is 0 Å². The lowest BCUT2D eigenvalue weighted by Crippen LogP contribution is -2.51. The average molecular weight is 261 g/mol. The van der Waals surface area contributed by atoms with Gasteiger partial charge in [-0.05, 0) is 18.5 Å². The summed E-state index contributed by atoms with van der Waals surface area (Å²) in [5, 5.41) is 0. The molecule has 0 N–H and O–H groups in total. The predicted octanol–water partition coefficient (Wildman–Crippen LogP) is 3.93. The molecule has 1 fully saturated rings. The summed E-state index contributed by atoms with van der Waals surface area (Å²) < 4.78 is 11.9. The quantitative estimate of drug-likeness (QED) is 0.697. The molecule has 0 unspecified atom stereocenters. The highest BCUT2D eigenvalue weighted by atomic mass is 28.4. The molecule has 1 rings (SSSR count). The summed E-state index contributed by atoms with van der Waals surface area (Å²) >= 11 is 0. The van der Waals surface area contributed by atoms with Gasteiger partial charge in [-0.2, -0.15) is 0 Å². The van der Waals surface area contributed by atoms with Gasteiger partial charge in [0.25, 0.3) is 0 Å². The first kappa shape index (κ1) is 14.4. The van der Waals surface area contributed by atoms with Crippen LogP contribution in [0.4, 0.5) is 0 Å². The molecular weight excluding hydrogens is 232 g/mol. The third-order valence-electron chi connectivity index (χ3n) is 3.69. The minimum Gasteiger partial charge on any atom is -0.398 e. The molecule has 4 heteroatoms. The lowest BCUT2D eigenvalue weighted by Gasteiger charge is -2.40. The van der Waals surface area contributed by atoms with Crippen LogP contribution in [0.3, 0.4) is 0 Å². The van der Waals surface area contributed by atoms with Crippen molar-refractivity contribution in [3.8, 4) is 0 Å².